The molecule has 0 spiro atoms. The van der Waals surface area contributed by atoms with Crippen LogP contribution in [0.4, 0.5) is 8.78 Å². The Morgan fingerprint density at radius 1 is 1.26 bits per heavy atom. The van der Waals surface area contributed by atoms with Crippen molar-refractivity contribution < 1.29 is 8.78 Å². The Bertz CT molecular complexity index is 1070. The fraction of sp³-hybridized carbons (Fsp3) is 0.368. The molecule has 27 heavy (non-hydrogen) atoms. The van der Waals surface area contributed by atoms with Crippen molar-refractivity contribution in [2.45, 2.75) is 31.9 Å². The van der Waals surface area contributed by atoms with Gasteiger partial charge in [-0.2, -0.15) is 0 Å². The average Bonchev–Trinajstić information content (AvgIpc) is 3.16. The molecule has 2 aromatic heterocycles. The second-order valence-corrected chi connectivity index (χ2v) is 7.29. The number of nitrogens with zero attached hydrogens (tertiary/aromatic N) is 1. The van der Waals surface area contributed by atoms with Gasteiger partial charge in [0.1, 0.15) is 5.52 Å². The predicted octanol–water partition coefficient (Wildman–Crippen LogP) is 3.74. The van der Waals surface area contributed by atoms with Gasteiger partial charge in [0.25, 0.3) is 5.56 Å². The maximum atomic E-state index is 13.2. The van der Waals surface area contributed by atoms with Crippen LogP contribution in [0, 0.1) is 10.7 Å². The molecule has 142 valence electrons. The summed E-state index contributed by atoms with van der Waals surface area (Å²) in [5.74, 6) is -0.587. The Balaban J connectivity index is 1.72. The van der Waals surface area contributed by atoms with Crippen LogP contribution >= 0.6 is 12.2 Å². The number of piperidine rings is 1. The molecule has 0 aliphatic carbocycles. The lowest BCUT2D eigenvalue weighted by Crippen LogP contribution is -2.35. The summed E-state index contributed by atoms with van der Waals surface area (Å²) in [5, 5.41) is 3.37. The lowest BCUT2D eigenvalue weighted by atomic mass is 9.87. The molecule has 4 rings (SSSR count). The highest BCUT2D eigenvalue weighted by Crippen LogP contribution is 2.33. The van der Waals surface area contributed by atoms with Gasteiger partial charge in [-0.05, 0) is 48.8 Å². The second-order valence-electron chi connectivity index (χ2n) is 6.91. The molecule has 3 aromatic rings. The van der Waals surface area contributed by atoms with E-state index >= 15 is 0 Å². The average molecular weight is 390 g/mol. The molecule has 0 radical (unpaired) electrons. The molecule has 2 atom stereocenters. The first-order chi connectivity index (χ1) is 13.0. The van der Waals surface area contributed by atoms with E-state index in [0.717, 1.165) is 16.6 Å². The summed E-state index contributed by atoms with van der Waals surface area (Å²) in [6.45, 7) is 1.03. The molecule has 1 aliphatic heterocycles. The highest BCUT2D eigenvalue weighted by Gasteiger charge is 2.29. The third-order valence-corrected chi connectivity index (χ3v) is 5.59. The highest BCUT2D eigenvalue weighted by atomic mass is 32.1. The van der Waals surface area contributed by atoms with Crippen LogP contribution < -0.4 is 10.9 Å². The lowest BCUT2D eigenvalue weighted by molar-refractivity contribution is 0.0499. The summed E-state index contributed by atoms with van der Waals surface area (Å²) in [4.78, 5) is 17.6. The van der Waals surface area contributed by atoms with Gasteiger partial charge in [0.15, 0.2) is 4.77 Å². The highest BCUT2D eigenvalue weighted by molar-refractivity contribution is 7.71. The van der Waals surface area contributed by atoms with Crippen molar-refractivity contribution in [3.05, 3.63) is 62.8 Å². The van der Waals surface area contributed by atoms with Crippen LogP contribution in [0.1, 0.15) is 30.0 Å². The SMILES string of the molecule is O=c1[nH]c(=S)n(Cc2ccccc2[C@H]2C[C@@H](C(F)F)CCN2)c2cc[nH]c12. The minimum Gasteiger partial charge on any atom is -0.355 e. The summed E-state index contributed by atoms with van der Waals surface area (Å²) in [5.41, 5.74) is 2.93. The molecule has 1 fully saturated rings. The molecule has 0 saturated carbocycles. The molecule has 0 bridgehead atoms. The number of aromatic amines is 2. The number of rotatable bonds is 4. The van der Waals surface area contributed by atoms with E-state index in [1.54, 1.807) is 6.20 Å². The maximum Gasteiger partial charge on any atom is 0.276 e. The molecule has 1 aromatic carbocycles. The number of alkyl halides is 2. The molecule has 8 heteroatoms. The van der Waals surface area contributed by atoms with Gasteiger partial charge < -0.3 is 14.9 Å². The predicted molar refractivity (Wildman–Crippen MR) is 103 cm³/mol. The molecule has 0 amide bonds. The van der Waals surface area contributed by atoms with E-state index in [1.807, 2.05) is 34.9 Å². The Morgan fingerprint density at radius 2 is 2.07 bits per heavy atom. The van der Waals surface area contributed by atoms with Gasteiger partial charge in [-0.3, -0.25) is 9.78 Å². The number of aromatic nitrogens is 3. The third kappa shape index (κ3) is 3.46. The standard InChI is InChI=1S/C19H20F2N4OS/c20-17(21)11-5-7-22-14(9-11)13-4-2-1-3-12(13)10-25-15-6-8-23-16(15)18(26)24-19(25)27/h1-4,6,8,11,14,17,22-23H,5,7,9-10H2,(H,24,26,27)/t11-,14+/m0/s1. The zero-order valence-corrected chi connectivity index (χ0v) is 15.4. The number of fused-ring (bicyclic) bond motifs is 1. The molecular formula is C19H20F2N4OS. The van der Waals surface area contributed by atoms with E-state index in [9.17, 15) is 13.6 Å². The van der Waals surface area contributed by atoms with Gasteiger partial charge in [-0.15, -0.1) is 0 Å². The Hall–Kier alpha value is -2.32. The minimum absolute atomic E-state index is 0.118. The summed E-state index contributed by atoms with van der Waals surface area (Å²) in [6.07, 6.45) is 0.304. The first-order valence-electron chi connectivity index (χ1n) is 8.94. The van der Waals surface area contributed by atoms with Crippen LogP contribution in [0.2, 0.25) is 0 Å². The fourth-order valence-corrected chi connectivity index (χ4v) is 4.12. The molecule has 0 unspecified atom stereocenters. The van der Waals surface area contributed by atoms with Crippen molar-refractivity contribution in [3.8, 4) is 0 Å². The van der Waals surface area contributed by atoms with Crippen molar-refractivity contribution in [1.29, 1.82) is 0 Å². The quantitative estimate of drug-likeness (QED) is 0.595. The molecule has 3 heterocycles. The lowest BCUT2D eigenvalue weighted by Gasteiger charge is -2.31. The van der Waals surface area contributed by atoms with E-state index in [2.05, 4.69) is 15.3 Å². The van der Waals surface area contributed by atoms with Gasteiger partial charge in [0, 0.05) is 18.2 Å². The van der Waals surface area contributed by atoms with E-state index in [-0.39, 0.29) is 11.6 Å². The zero-order chi connectivity index (χ0) is 19.0. The normalized spacial score (nSPS) is 20.4. The van der Waals surface area contributed by atoms with Crippen LogP contribution in [-0.2, 0) is 6.54 Å². The number of benzene rings is 1. The van der Waals surface area contributed by atoms with Gasteiger partial charge in [-0.1, -0.05) is 24.3 Å². The van der Waals surface area contributed by atoms with Crippen LogP contribution in [0.15, 0.2) is 41.3 Å². The van der Waals surface area contributed by atoms with Crippen LogP contribution in [0.25, 0.3) is 11.0 Å². The van der Waals surface area contributed by atoms with Crippen LogP contribution in [0.3, 0.4) is 0 Å². The monoisotopic (exact) mass is 390 g/mol. The molecule has 5 nitrogen and oxygen atoms in total. The summed E-state index contributed by atoms with van der Waals surface area (Å²) in [7, 11) is 0. The minimum atomic E-state index is -2.30. The van der Waals surface area contributed by atoms with Crippen molar-refractivity contribution in [2.75, 3.05) is 6.54 Å². The third-order valence-electron chi connectivity index (χ3n) is 5.27. The Labute approximate surface area is 159 Å². The van der Waals surface area contributed by atoms with Gasteiger partial charge in [0.05, 0.1) is 12.1 Å². The van der Waals surface area contributed by atoms with Crippen molar-refractivity contribution in [2.24, 2.45) is 5.92 Å². The second kappa shape index (κ2) is 7.36. The van der Waals surface area contributed by atoms with E-state index in [4.69, 9.17) is 12.2 Å². The first-order valence-corrected chi connectivity index (χ1v) is 9.35. The van der Waals surface area contributed by atoms with Crippen molar-refractivity contribution in [1.82, 2.24) is 19.9 Å². The molecule has 1 saturated heterocycles. The van der Waals surface area contributed by atoms with Crippen LogP contribution in [0.5, 0.6) is 0 Å². The van der Waals surface area contributed by atoms with E-state index in [1.165, 1.54) is 0 Å². The summed E-state index contributed by atoms with van der Waals surface area (Å²) < 4.78 is 28.6. The summed E-state index contributed by atoms with van der Waals surface area (Å²) >= 11 is 5.36. The smallest absolute Gasteiger partial charge is 0.276 e. The maximum absolute atomic E-state index is 13.2. The van der Waals surface area contributed by atoms with E-state index in [0.29, 0.717) is 36.2 Å². The fourth-order valence-electron chi connectivity index (χ4n) is 3.86. The number of hydrogen-bond acceptors (Lipinski definition) is 3. The molecule has 3 N–H and O–H groups in total. The topological polar surface area (TPSA) is 65.6 Å². The van der Waals surface area contributed by atoms with Gasteiger partial charge in [-0.25, -0.2) is 8.78 Å². The van der Waals surface area contributed by atoms with Crippen LogP contribution in [-0.4, -0.2) is 27.5 Å². The molecule has 1 aliphatic rings. The number of halogens is 2. The Kier molecular flexibility index (Phi) is 4.92. The molecular weight excluding hydrogens is 370 g/mol. The van der Waals surface area contributed by atoms with Gasteiger partial charge >= 0.3 is 0 Å². The van der Waals surface area contributed by atoms with Gasteiger partial charge in [0.2, 0.25) is 6.43 Å². The first kappa shape index (κ1) is 18.1. The number of nitrogens with one attached hydrogen (secondary N) is 3. The summed E-state index contributed by atoms with van der Waals surface area (Å²) in [6, 6.07) is 9.50. The number of hydrogen-bond donors (Lipinski definition) is 3. The van der Waals surface area contributed by atoms with E-state index < -0.39 is 12.3 Å². The zero-order valence-electron chi connectivity index (χ0n) is 14.5. The van der Waals surface area contributed by atoms with Crippen molar-refractivity contribution >= 4 is 23.3 Å². The van der Waals surface area contributed by atoms with Crippen molar-refractivity contribution in [3.63, 3.8) is 0 Å². The largest absolute Gasteiger partial charge is 0.355 e. The Morgan fingerprint density at radius 3 is 2.89 bits per heavy atom. The number of H-pyrrole nitrogens is 2.